The second-order valence-electron chi connectivity index (χ2n) is 18.0. The van der Waals surface area contributed by atoms with Gasteiger partial charge in [-0.05, 0) is 132 Å². The van der Waals surface area contributed by atoms with Gasteiger partial charge in [0.2, 0.25) is 0 Å². The monoisotopic (exact) mass is 890 g/mol. The summed E-state index contributed by atoms with van der Waals surface area (Å²) in [6.45, 7) is 0. The zero-order chi connectivity index (χ0) is 46.4. The van der Waals surface area contributed by atoms with E-state index in [2.05, 4.69) is 289 Å². The molecule has 13 aromatic rings. The molecule has 0 unspecified atom stereocenters. The maximum absolute atomic E-state index is 2.44. The molecule has 0 N–H and O–H groups in total. The highest BCUT2D eigenvalue weighted by molar-refractivity contribution is 6.11. The Balaban J connectivity index is 0.970. The predicted molar refractivity (Wildman–Crippen MR) is 298 cm³/mol. The Morgan fingerprint density at radius 1 is 0.243 bits per heavy atom. The van der Waals surface area contributed by atoms with E-state index in [1.54, 1.807) is 0 Å². The van der Waals surface area contributed by atoms with Crippen molar-refractivity contribution < 1.29 is 0 Å². The molecule has 1 aromatic heterocycles. The molecule has 0 radical (unpaired) electrons. The number of para-hydroxylation sites is 3. The molecule has 0 aliphatic heterocycles. The molecule has 0 aliphatic rings. The van der Waals surface area contributed by atoms with Gasteiger partial charge in [0.05, 0.1) is 16.7 Å². The molecule has 1 heterocycles. The lowest BCUT2D eigenvalue weighted by molar-refractivity contribution is 1.18. The van der Waals surface area contributed by atoms with Crippen LogP contribution in [0.4, 0.5) is 17.1 Å². The molecule has 13 rings (SSSR count). The van der Waals surface area contributed by atoms with Crippen LogP contribution in [0.3, 0.4) is 0 Å². The molecule has 328 valence electrons. The van der Waals surface area contributed by atoms with Crippen molar-refractivity contribution in [3.05, 3.63) is 279 Å². The molecule has 0 saturated heterocycles. The summed E-state index contributed by atoms with van der Waals surface area (Å²) in [6.07, 6.45) is 0. The van der Waals surface area contributed by atoms with Crippen LogP contribution in [0.15, 0.2) is 279 Å². The first-order valence-corrected chi connectivity index (χ1v) is 24.1. The van der Waals surface area contributed by atoms with Crippen LogP contribution in [0.5, 0.6) is 0 Å². The van der Waals surface area contributed by atoms with E-state index in [9.17, 15) is 0 Å². The summed E-state index contributed by atoms with van der Waals surface area (Å²) in [5.74, 6) is 0. The molecule has 0 aliphatic carbocycles. The summed E-state index contributed by atoms with van der Waals surface area (Å²) < 4.78 is 2.40. The molecular weight excluding hydrogens is 845 g/mol. The quantitative estimate of drug-likeness (QED) is 0.131. The third-order valence-electron chi connectivity index (χ3n) is 14.0. The van der Waals surface area contributed by atoms with Crippen molar-refractivity contribution in [2.45, 2.75) is 0 Å². The number of hydrogen-bond acceptors (Lipinski definition) is 1. The number of anilines is 3. The van der Waals surface area contributed by atoms with Crippen molar-refractivity contribution in [3.8, 4) is 61.3 Å². The molecule has 12 aromatic carbocycles. The van der Waals surface area contributed by atoms with Gasteiger partial charge in [-0.15, -0.1) is 0 Å². The first-order chi connectivity index (χ1) is 34.7. The molecule has 0 spiro atoms. The summed E-state index contributed by atoms with van der Waals surface area (Å²) in [6, 6.07) is 102. The lowest BCUT2D eigenvalue weighted by Crippen LogP contribution is -2.11. The lowest BCUT2D eigenvalue weighted by atomic mass is 9.88. The minimum absolute atomic E-state index is 1.07. The molecule has 0 bridgehead atoms. The number of nitrogens with zero attached hydrogens (tertiary/aromatic N) is 2. The minimum atomic E-state index is 1.07. The number of aromatic nitrogens is 1. The Hall–Kier alpha value is -9.24. The average Bonchev–Trinajstić information content (AvgIpc) is 3.77. The van der Waals surface area contributed by atoms with Crippen LogP contribution in [0.2, 0.25) is 0 Å². The van der Waals surface area contributed by atoms with E-state index in [4.69, 9.17) is 0 Å². The Morgan fingerprint density at radius 2 is 0.757 bits per heavy atom. The summed E-state index contributed by atoms with van der Waals surface area (Å²) in [5.41, 5.74) is 18.5. The SMILES string of the molecule is c1ccc(-c2ccccc2-c2ccccc2-c2ccccc2N(c2ccc(-c3ccc4c(ccc5ccccc54)c3)cc2)c2cccc(-c3ccc4c5ccccc5n(-c5ccccc5)c4c3)c2)cc1. The van der Waals surface area contributed by atoms with Gasteiger partial charge in [-0.25, -0.2) is 0 Å². The smallest absolute Gasteiger partial charge is 0.0547 e. The zero-order valence-corrected chi connectivity index (χ0v) is 38.5. The molecule has 2 nitrogen and oxygen atoms in total. The number of benzene rings is 12. The first kappa shape index (κ1) is 41.0. The van der Waals surface area contributed by atoms with Gasteiger partial charge in [0.1, 0.15) is 0 Å². The lowest BCUT2D eigenvalue weighted by Gasteiger charge is -2.29. The van der Waals surface area contributed by atoms with E-state index >= 15 is 0 Å². The summed E-state index contributed by atoms with van der Waals surface area (Å²) >= 11 is 0. The fourth-order valence-corrected chi connectivity index (χ4v) is 10.7. The van der Waals surface area contributed by atoms with Crippen LogP contribution in [0.25, 0.3) is 105 Å². The number of fused-ring (bicyclic) bond motifs is 6. The summed E-state index contributed by atoms with van der Waals surface area (Å²) in [7, 11) is 0. The van der Waals surface area contributed by atoms with Crippen molar-refractivity contribution in [1.29, 1.82) is 0 Å². The van der Waals surface area contributed by atoms with Gasteiger partial charge in [-0.1, -0.05) is 218 Å². The molecule has 0 amide bonds. The maximum Gasteiger partial charge on any atom is 0.0547 e. The van der Waals surface area contributed by atoms with Crippen LogP contribution < -0.4 is 4.90 Å². The summed E-state index contributed by atoms with van der Waals surface area (Å²) in [5, 5.41) is 7.53. The third-order valence-corrected chi connectivity index (χ3v) is 14.0. The molecule has 0 atom stereocenters. The Morgan fingerprint density at radius 3 is 1.54 bits per heavy atom. The van der Waals surface area contributed by atoms with Crippen molar-refractivity contribution in [2.24, 2.45) is 0 Å². The fraction of sp³-hybridized carbons (Fsp3) is 0. The van der Waals surface area contributed by atoms with Crippen LogP contribution in [-0.2, 0) is 0 Å². The van der Waals surface area contributed by atoms with Crippen LogP contribution >= 0.6 is 0 Å². The van der Waals surface area contributed by atoms with E-state index in [1.807, 2.05) is 0 Å². The second-order valence-corrected chi connectivity index (χ2v) is 18.0. The Bertz CT molecular complexity index is 4050. The fourth-order valence-electron chi connectivity index (χ4n) is 10.7. The number of rotatable bonds is 9. The second kappa shape index (κ2) is 17.4. The van der Waals surface area contributed by atoms with Crippen LogP contribution in [0, 0.1) is 0 Å². The van der Waals surface area contributed by atoms with Gasteiger partial charge in [-0.3, -0.25) is 0 Å². The van der Waals surface area contributed by atoms with Gasteiger partial charge in [0.15, 0.2) is 0 Å². The Labute approximate surface area is 408 Å². The van der Waals surface area contributed by atoms with Gasteiger partial charge in [-0.2, -0.15) is 0 Å². The van der Waals surface area contributed by atoms with Gasteiger partial charge >= 0.3 is 0 Å². The standard InChI is InChI=1S/C68H46N2/c1-3-18-48(19-4-1)58-26-9-10-27-60(58)61-28-11-12-29-62(61)63-30-13-15-32-66(63)69(55-40-36-47(37-41-55)51-38-42-59-53(44-51)35-34-49-20-7-8-25-57(49)59)56-24-17-21-50(45-56)52-39-43-65-64-31-14-16-33-67(64)70(68(65)46-52)54-22-5-2-6-23-54/h1-46H. The van der Waals surface area contributed by atoms with E-state index < -0.39 is 0 Å². The van der Waals surface area contributed by atoms with E-state index in [0.717, 1.165) is 39.4 Å². The third kappa shape index (κ3) is 7.22. The predicted octanol–water partition coefficient (Wildman–Crippen LogP) is 18.9. The first-order valence-electron chi connectivity index (χ1n) is 24.1. The van der Waals surface area contributed by atoms with Crippen LogP contribution in [0.1, 0.15) is 0 Å². The summed E-state index contributed by atoms with van der Waals surface area (Å²) in [4.78, 5) is 2.44. The van der Waals surface area contributed by atoms with E-state index in [-0.39, 0.29) is 0 Å². The molecule has 70 heavy (non-hydrogen) atoms. The van der Waals surface area contributed by atoms with E-state index in [1.165, 1.54) is 82.3 Å². The average molecular weight is 891 g/mol. The van der Waals surface area contributed by atoms with Crippen molar-refractivity contribution in [1.82, 2.24) is 4.57 Å². The number of hydrogen-bond donors (Lipinski definition) is 0. The molecular formula is C68H46N2. The highest BCUT2D eigenvalue weighted by Gasteiger charge is 2.21. The van der Waals surface area contributed by atoms with E-state index in [0.29, 0.717) is 0 Å². The van der Waals surface area contributed by atoms with Gasteiger partial charge in [0.25, 0.3) is 0 Å². The van der Waals surface area contributed by atoms with Crippen molar-refractivity contribution >= 4 is 60.4 Å². The molecule has 0 fully saturated rings. The zero-order valence-electron chi connectivity index (χ0n) is 38.5. The largest absolute Gasteiger partial charge is 0.310 e. The topological polar surface area (TPSA) is 8.17 Å². The Kier molecular flexibility index (Phi) is 10.2. The molecule has 0 saturated carbocycles. The van der Waals surface area contributed by atoms with Crippen LogP contribution in [-0.4, -0.2) is 4.57 Å². The maximum atomic E-state index is 2.44. The van der Waals surface area contributed by atoms with Gasteiger partial charge < -0.3 is 9.47 Å². The van der Waals surface area contributed by atoms with Crippen molar-refractivity contribution in [3.63, 3.8) is 0 Å². The highest BCUT2D eigenvalue weighted by atomic mass is 15.1. The highest BCUT2D eigenvalue weighted by Crippen LogP contribution is 2.46. The van der Waals surface area contributed by atoms with Crippen molar-refractivity contribution in [2.75, 3.05) is 4.90 Å². The van der Waals surface area contributed by atoms with Gasteiger partial charge in [0, 0.05) is 33.4 Å². The minimum Gasteiger partial charge on any atom is -0.310 e. The normalized spacial score (nSPS) is 11.4. The molecule has 2 heteroatoms.